The van der Waals surface area contributed by atoms with Gasteiger partial charge < -0.3 is 19.9 Å². The summed E-state index contributed by atoms with van der Waals surface area (Å²) in [4.78, 5) is 42.2. The Balaban J connectivity index is 1.86. The standard InChI is InChI=1S/C18H32N4O4/c1-4-26-18(25)22-11-9-21(10-12-22)16(23)13-15-17(24)19-6-8-20(15)7-5-14(2)3/h14-15H,4-13H2,1-3H3,(H,19,24). The average Bonchev–Trinajstić information content (AvgIpc) is 2.62. The van der Waals surface area contributed by atoms with Crippen molar-refractivity contribution in [1.29, 1.82) is 0 Å². The van der Waals surface area contributed by atoms with E-state index in [1.165, 1.54) is 0 Å². The monoisotopic (exact) mass is 368 g/mol. The van der Waals surface area contributed by atoms with Crippen molar-refractivity contribution in [3.8, 4) is 0 Å². The van der Waals surface area contributed by atoms with Gasteiger partial charge in [-0.2, -0.15) is 0 Å². The first-order chi connectivity index (χ1) is 12.4. The quantitative estimate of drug-likeness (QED) is 0.739. The number of nitrogens with zero attached hydrogens (tertiary/aromatic N) is 3. The van der Waals surface area contributed by atoms with Crippen molar-refractivity contribution in [3.05, 3.63) is 0 Å². The first-order valence-corrected chi connectivity index (χ1v) is 9.63. The van der Waals surface area contributed by atoms with Gasteiger partial charge in [0.25, 0.3) is 0 Å². The Morgan fingerprint density at radius 3 is 2.42 bits per heavy atom. The summed E-state index contributed by atoms with van der Waals surface area (Å²) in [6.45, 7) is 10.6. The van der Waals surface area contributed by atoms with Gasteiger partial charge in [0, 0.05) is 39.3 Å². The second-order valence-electron chi connectivity index (χ2n) is 7.30. The molecule has 1 N–H and O–H groups in total. The number of rotatable bonds is 6. The zero-order valence-corrected chi connectivity index (χ0v) is 16.2. The molecule has 2 saturated heterocycles. The lowest BCUT2D eigenvalue weighted by Gasteiger charge is -2.38. The predicted octanol–water partition coefficient (Wildman–Crippen LogP) is 0.524. The molecule has 0 spiro atoms. The van der Waals surface area contributed by atoms with E-state index in [-0.39, 0.29) is 24.3 Å². The molecule has 26 heavy (non-hydrogen) atoms. The van der Waals surface area contributed by atoms with Crippen molar-refractivity contribution in [1.82, 2.24) is 20.0 Å². The molecule has 8 nitrogen and oxygen atoms in total. The maximum atomic E-state index is 12.7. The summed E-state index contributed by atoms with van der Waals surface area (Å²) in [5.74, 6) is 0.482. The highest BCUT2D eigenvalue weighted by Crippen LogP contribution is 2.14. The molecule has 148 valence electrons. The smallest absolute Gasteiger partial charge is 0.409 e. The molecule has 3 amide bonds. The van der Waals surface area contributed by atoms with Crippen LogP contribution >= 0.6 is 0 Å². The third kappa shape index (κ3) is 5.59. The van der Waals surface area contributed by atoms with Gasteiger partial charge >= 0.3 is 6.09 Å². The second kappa shape index (κ2) is 9.75. The van der Waals surface area contributed by atoms with Gasteiger partial charge in [-0.3, -0.25) is 14.5 Å². The summed E-state index contributed by atoms with van der Waals surface area (Å²) in [6, 6.07) is -0.391. The van der Waals surface area contributed by atoms with Crippen molar-refractivity contribution < 1.29 is 19.1 Å². The zero-order chi connectivity index (χ0) is 19.1. The highest BCUT2D eigenvalue weighted by Gasteiger charge is 2.34. The summed E-state index contributed by atoms with van der Waals surface area (Å²) in [5, 5.41) is 2.87. The number of hydrogen-bond acceptors (Lipinski definition) is 5. The van der Waals surface area contributed by atoms with Crippen molar-refractivity contribution >= 4 is 17.9 Å². The highest BCUT2D eigenvalue weighted by molar-refractivity contribution is 5.89. The Bertz CT molecular complexity index is 503. The fourth-order valence-electron chi connectivity index (χ4n) is 3.32. The lowest BCUT2D eigenvalue weighted by Crippen LogP contribution is -2.58. The SMILES string of the molecule is CCOC(=O)N1CCN(C(=O)CC2C(=O)NCCN2CCC(C)C)CC1. The Hall–Kier alpha value is -1.83. The number of ether oxygens (including phenoxy) is 1. The molecule has 0 aromatic rings. The molecule has 2 fully saturated rings. The molecule has 2 aliphatic rings. The van der Waals surface area contributed by atoms with Gasteiger partial charge in [-0.25, -0.2) is 4.79 Å². The normalized spacial score (nSPS) is 21.7. The summed E-state index contributed by atoms with van der Waals surface area (Å²) >= 11 is 0. The molecule has 0 aromatic heterocycles. The van der Waals surface area contributed by atoms with Crippen LogP contribution in [0.25, 0.3) is 0 Å². The minimum absolute atomic E-state index is 0.0231. The number of carbonyl (C=O) groups excluding carboxylic acids is 3. The van der Waals surface area contributed by atoms with Crippen LogP contribution in [0.3, 0.4) is 0 Å². The van der Waals surface area contributed by atoms with Gasteiger partial charge in [-0.1, -0.05) is 13.8 Å². The molecule has 2 heterocycles. The molecule has 8 heteroatoms. The summed E-state index contributed by atoms with van der Waals surface area (Å²) in [5.41, 5.74) is 0. The molecular formula is C18H32N4O4. The fraction of sp³-hybridized carbons (Fsp3) is 0.833. The molecule has 0 aromatic carbocycles. The molecular weight excluding hydrogens is 336 g/mol. The molecule has 1 unspecified atom stereocenters. The maximum absolute atomic E-state index is 12.7. The maximum Gasteiger partial charge on any atom is 0.409 e. The first kappa shape index (κ1) is 20.5. The number of carbonyl (C=O) groups is 3. The Labute approximate surface area is 155 Å². The van der Waals surface area contributed by atoms with Crippen LogP contribution in [-0.4, -0.2) is 91.1 Å². The topological polar surface area (TPSA) is 82.2 Å². The molecule has 0 saturated carbocycles. The van der Waals surface area contributed by atoms with Crippen LogP contribution < -0.4 is 5.32 Å². The number of hydrogen-bond donors (Lipinski definition) is 1. The van der Waals surface area contributed by atoms with E-state index < -0.39 is 6.04 Å². The zero-order valence-electron chi connectivity index (χ0n) is 16.2. The molecule has 0 radical (unpaired) electrons. The van der Waals surface area contributed by atoms with E-state index in [9.17, 15) is 14.4 Å². The van der Waals surface area contributed by atoms with Crippen LogP contribution in [-0.2, 0) is 14.3 Å². The van der Waals surface area contributed by atoms with Gasteiger partial charge in [0.15, 0.2) is 0 Å². The van der Waals surface area contributed by atoms with Crippen molar-refractivity contribution in [2.24, 2.45) is 5.92 Å². The third-order valence-corrected chi connectivity index (χ3v) is 4.96. The minimum atomic E-state index is -0.391. The van der Waals surface area contributed by atoms with Crippen LogP contribution in [0.4, 0.5) is 4.79 Å². The van der Waals surface area contributed by atoms with Crippen LogP contribution in [0.15, 0.2) is 0 Å². The Morgan fingerprint density at radius 2 is 1.81 bits per heavy atom. The van der Waals surface area contributed by atoms with Crippen LogP contribution in [0, 0.1) is 5.92 Å². The van der Waals surface area contributed by atoms with E-state index in [0.717, 1.165) is 19.5 Å². The van der Waals surface area contributed by atoms with Gasteiger partial charge in [0.2, 0.25) is 11.8 Å². The van der Waals surface area contributed by atoms with E-state index in [1.807, 2.05) is 0 Å². The highest BCUT2D eigenvalue weighted by atomic mass is 16.6. The number of piperazine rings is 2. The summed E-state index contributed by atoms with van der Waals surface area (Å²) < 4.78 is 5.00. The predicted molar refractivity (Wildman–Crippen MR) is 97.6 cm³/mol. The molecule has 0 bridgehead atoms. The number of nitrogens with one attached hydrogen (secondary N) is 1. The van der Waals surface area contributed by atoms with Gasteiger partial charge in [-0.15, -0.1) is 0 Å². The van der Waals surface area contributed by atoms with Gasteiger partial charge in [0.05, 0.1) is 19.1 Å². The van der Waals surface area contributed by atoms with E-state index in [2.05, 4.69) is 24.1 Å². The molecule has 1 atom stereocenters. The molecule has 2 rings (SSSR count). The number of amides is 3. The lowest BCUT2D eigenvalue weighted by molar-refractivity contribution is -0.139. The molecule has 2 aliphatic heterocycles. The average molecular weight is 368 g/mol. The van der Waals surface area contributed by atoms with Crippen molar-refractivity contribution in [2.45, 2.75) is 39.7 Å². The van der Waals surface area contributed by atoms with Crippen LogP contribution in [0.2, 0.25) is 0 Å². The largest absolute Gasteiger partial charge is 0.450 e. The Morgan fingerprint density at radius 1 is 1.15 bits per heavy atom. The van der Waals surface area contributed by atoms with Crippen molar-refractivity contribution in [3.63, 3.8) is 0 Å². The second-order valence-corrected chi connectivity index (χ2v) is 7.30. The van der Waals surface area contributed by atoms with Crippen LogP contribution in [0.1, 0.15) is 33.6 Å². The fourth-order valence-corrected chi connectivity index (χ4v) is 3.32. The van der Waals surface area contributed by atoms with E-state index in [1.54, 1.807) is 16.7 Å². The third-order valence-electron chi connectivity index (χ3n) is 4.96. The van der Waals surface area contributed by atoms with Gasteiger partial charge in [0.1, 0.15) is 0 Å². The van der Waals surface area contributed by atoms with Crippen molar-refractivity contribution in [2.75, 3.05) is 52.4 Å². The summed E-state index contributed by atoms with van der Waals surface area (Å²) in [7, 11) is 0. The first-order valence-electron chi connectivity index (χ1n) is 9.63. The lowest BCUT2D eigenvalue weighted by atomic mass is 10.0. The molecule has 0 aliphatic carbocycles. The Kier molecular flexibility index (Phi) is 7.68. The van der Waals surface area contributed by atoms with E-state index >= 15 is 0 Å². The van der Waals surface area contributed by atoms with Crippen LogP contribution in [0.5, 0.6) is 0 Å². The minimum Gasteiger partial charge on any atom is -0.450 e. The van der Waals surface area contributed by atoms with Gasteiger partial charge in [-0.05, 0) is 25.8 Å². The van der Waals surface area contributed by atoms with E-state index in [4.69, 9.17) is 4.74 Å². The summed E-state index contributed by atoms with van der Waals surface area (Å²) in [6.07, 6.45) is 0.880. The van der Waals surface area contributed by atoms with E-state index in [0.29, 0.717) is 45.2 Å².